The van der Waals surface area contributed by atoms with Crippen LogP contribution in [0.3, 0.4) is 0 Å². The van der Waals surface area contributed by atoms with Gasteiger partial charge in [0.25, 0.3) is 5.91 Å². The van der Waals surface area contributed by atoms with Crippen molar-refractivity contribution in [1.82, 2.24) is 14.8 Å². The van der Waals surface area contributed by atoms with Crippen molar-refractivity contribution in [3.05, 3.63) is 70.4 Å². The number of carbonyl (C=O) groups excluding carboxylic acids is 2. The third-order valence-electron chi connectivity index (χ3n) is 6.85. The summed E-state index contributed by atoms with van der Waals surface area (Å²) >= 11 is 0. The minimum Gasteiger partial charge on any atom is -0.383 e. The fourth-order valence-corrected chi connectivity index (χ4v) is 5.00. The Kier molecular flexibility index (Phi) is 10.2. The van der Waals surface area contributed by atoms with Gasteiger partial charge in [0.05, 0.1) is 16.8 Å². The maximum absolute atomic E-state index is 14.0. The molecule has 1 aliphatic heterocycles. The van der Waals surface area contributed by atoms with E-state index in [1.807, 2.05) is 62.9 Å². The molecule has 40 heavy (non-hydrogen) atoms. The van der Waals surface area contributed by atoms with Gasteiger partial charge in [-0.25, -0.2) is 4.99 Å². The van der Waals surface area contributed by atoms with E-state index in [1.54, 1.807) is 13.1 Å². The van der Waals surface area contributed by atoms with E-state index < -0.39 is 0 Å². The van der Waals surface area contributed by atoms with Crippen LogP contribution in [-0.4, -0.2) is 40.1 Å². The third-order valence-corrected chi connectivity index (χ3v) is 6.85. The average Bonchev–Trinajstić information content (AvgIpc) is 3.46. The number of likely N-dealkylation sites (tertiary alicyclic amines) is 1. The fourth-order valence-electron chi connectivity index (χ4n) is 5.00. The molecule has 212 valence electrons. The van der Waals surface area contributed by atoms with Crippen LogP contribution in [0.5, 0.6) is 0 Å². The monoisotopic (exact) mass is 541 g/mol. The molecule has 0 aliphatic carbocycles. The summed E-state index contributed by atoms with van der Waals surface area (Å²) < 4.78 is 2.13. The Balaban J connectivity index is 2.37. The largest absolute Gasteiger partial charge is 0.383 e. The fraction of sp³-hybridized carbons (Fsp3) is 0.424. The highest BCUT2D eigenvalue weighted by Gasteiger charge is 2.35. The zero-order chi connectivity index (χ0) is 29.4. The van der Waals surface area contributed by atoms with Crippen molar-refractivity contribution in [1.29, 1.82) is 0 Å². The Morgan fingerprint density at radius 3 is 2.55 bits per heavy atom. The number of nitrogens with zero attached hydrogens (tertiary/aromatic N) is 3. The number of amides is 2. The van der Waals surface area contributed by atoms with Gasteiger partial charge in [0.1, 0.15) is 11.5 Å². The molecule has 2 aromatic rings. The molecular weight excluding hydrogens is 498 g/mol. The van der Waals surface area contributed by atoms with Crippen LogP contribution in [-0.2, 0) is 11.3 Å². The van der Waals surface area contributed by atoms with E-state index >= 15 is 0 Å². The van der Waals surface area contributed by atoms with Crippen LogP contribution in [0, 0.1) is 17.3 Å². The van der Waals surface area contributed by atoms with Crippen LogP contribution in [0.25, 0.3) is 11.9 Å². The van der Waals surface area contributed by atoms with E-state index in [1.165, 1.54) is 6.08 Å². The number of nitrogens with one attached hydrogen (secondary N) is 1. The van der Waals surface area contributed by atoms with E-state index in [0.29, 0.717) is 36.0 Å². The number of hydrogen-bond acceptors (Lipinski definition) is 4. The van der Waals surface area contributed by atoms with Gasteiger partial charge in [0.2, 0.25) is 5.91 Å². The lowest BCUT2D eigenvalue weighted by molar-refractivity contribution is -0.126. The Bertz CT molecular complexity index is 1450. The number of nitrogens with two attached hydrogens (primary N) is 1. The molecule has 7 heteroatoms. The predicted molar refractivity (Wildman–Crippen MR) is 164 cm³/mol. The first-order valence-corrected chi connectivity index (χ1v) is 14.0. The minimum absolute atomic E-state index is 0.00847. The van der Waals surface area contributed by atoms with Crippen molar-refractivity contribution in [2.75, 3.05) is 6.54 Å². The molecule has 0 spiro atoms. The Morgan fingerprint density at radius 1 is 1.25 bits per heavy atom. The van der Waals surface area contributed by atoms with E-state index in [4.69, 9.17) is 5.73 Å². The predicted octanol–water partition coefficient (Wildman–Crippen LogP) is 3.86. The smallest absolute Gasteiger partial charge is 0.255 e. The van der Waals surface area contributed by atoms with Gasteiger partial charge in [0, 0.05) is 36.1 Å². The van der Waals surface area contributed by atoms with Crippen molar-refractivity contribution < 1.29 is 9.59 Å². The van der Waals surface area contributed by atoms with Crippen molar-refractivity contribution >= 4 is 29.9 Å². The first-order chi connectivity index (χ1) is 19.0. The van der Waals surface area contributed by atoms with Gasteiger partial charge in [-0.1, -0.05) is 62.3 Å². The molecule has 3 rings (SSSR count). The lowest BCUT2D eigenvalue weighted by Gasteiger charge is -2.19. The Labute approximate surface area is 238 Å². The van der Waals surface area contributed by atoms with Gasteiger partial charge >= 0.3 is 0 Å². The molecule has 3 N–H and O–H groups in total. The van der Waals surface area contributed by atoms with Crippen LogP contribution in [0.2, 0.25) is 0 Å². The van der Waals surface area contributed by atoms with Crippen LogP contribution < -0.4 is 21.6 Å². The van der Waals surface area contributed by atoms with Gasteiger partial charge in [0.15, 0.2) is 0 Å². The Morgan fingerprint density at radius 2 is 1.95 bits per heavy atom. The lowest BCUT2D eigenvalue weighted by atomic mass is 9.97. The molecule has 2 atom stereocenters. The second-order valence-corrected chi connectivity index (χ2v) is 11.2. The summed E-state index contributed by atoms with van der Waals surface area (Å²) in [5.41, 5.74) is 8.29. The molecular formula is C33H43N5O2. The molecule has 2 amide bonds. The topological polar surface area (TPSA) is 92.7 Å². The highest BCUT2D eigenvalue weighted by atomic mass is 16.2. The summed E-state index contributed by atoms with van der Waals surface area (Å²) in [7, 11) is 0. The number of unbranched alkanes of at least 4 members (excludes halogenated alkanes) is 1. The molecule has 2 heterocycles. The van der Waals surface area contributed by atoms with Gasteiger partial charge in [-0.15, -0.1) is 0 Å². The quantitative estimate of drug-likeness (QED) is 0.302. The molecule has 0 radical (unpaired) electrons. The molecule has 0 bridgehead atoms. The summed E-state index contributed by atoms with van der Waals surface area (Å²) in [4.78, 5) is 32.9. The molecule has 1 unspecified atom stereocenters. The molecule has 7 nitrogen and oxygen atoms in total. The first-order valence-electron chi connectivity index (χ1n) is 14.0. The van der Waals surface area contributed by atoms with Crippen LogP contribution in [0.4, 0.5) is 0 Å². The molecule has 0 saturated carbocycles. The van der Waals surface area contributed by atoms with Crippen molar-refractivity contribution in [3.8, 4) is 11.8 Å². The number of benzene rings is 1. The highest BCUT2D eigenvalue weighted by Crippen LogP contribution is 2.28. The first kappa shape index (κ1) is 30.5. The Hall–Kier alpha value is -4.05. The van der Waals surface area contributed by atoms with Crippen LogP contribution in [0.15, 0.2) is 48.0 Å². The summed E-state index contributed by atoms with van der Waals surface area (Å²) in [6.45, 7) is 16.6. The SMILES string of the molecule is C=CC(=O)N1C[C@H](n2c(C#CC(C)(C)C)c(C(=O)NCc3ccccc3)c(=C(\N)N=CC)/c2=C/CCC)CC1C. The normalized spacial score (nSPS) is 18.4. The number of aliphatic imine (C=N–C) groups is 1. The molecule has 1 aliphatic rings. The molecule has 1 fully saturated rings. The van der Waals surface area contributed by atoms with Crippen molar-refractivity contribution in [3.63, 3.8) is 0 Å². The number of aromatic nitrogens is 1. The molecule has 1 saturated heterocycles. The number of hydrogen-bond donors (Lipinski definition) is 2. The second kappa shape index (κ2) is 13.3. The van der Waals surface area contributed by atoms with Crippen LogP contribution in [0.1, 0.15) is 88.5 Å². The van der Waals surface area contributed by atoms with Gasteiger partial charge < -0.3 is 20.5 Å². The van der Waals surface area contributed by atoms with Crippen molar-refractivity contribution in [2.24, 2.45) is 16.1 Å². The lowest BCUT2D eigenvalue weighted by Crippen LogP contribution is -2.38. The summed E-state index contributed by atoms with van der Waals surface area (Å²) in [6, 6.07) is 9.69. The summed E-state index contributed by atoms with van der Waals surface area (Å²) in [5, 5.41) is 4.49. The van der Waals surface area contributed by atoms with Gasteiger partial charge in [-0.05, 0) is 65.0 Å². The molecule has 1 aromatic heterocycles. The maximum atomic E-state index is 14.0. The number of carbonyl (C=O) groups is 2. The van der Waals surface area contributed by atoms with E-state index in [9.17, 15) is 9.59 Å². The average molecular weight is 542 g/mol. The third kappa shape index (κ3) is 7.12. The molecule has 1 aromatic carbocycles. The minimum atomic E-state index is -0.301. The van der Waals surface area contributed by atoms with E-state index in [2.05, 4.69) is 46.3 Å². The zero-order valence-corrected chi connectivity index (χ0v) is 24.8. The maximum Gasteiger partial charge on any atom is 0.255 e. The highest BCUT2D eigenvalue weighted by molar-refractivity contribution is 5.97. The zero-order valence-electron chi connectivity index (χ0n) is 24.8. The summed E-state index contributed by atoms with van der Waals surface area (Å²) in [6.07, 6.45) is 7.52. The van der Waals surface area contributed by atoms with Crippen molar-refractivity contribution in [2.45, 2.75) is 79.4 Å². The standard InChI is InChI=1S/C33H43N5O2/c1-8-11-17-26-29(31(34)35-10-3)30(32(40)36-21-24-15-13-12-14-16-24)27(18-19-33(5,6)7)38(26)25-20-23(4)37(22-25)28(39)9-2/h9-10,12-17,23,25H,2,8,11,20-22,34H2,1,3-7H3,(H,36,40)/b26-17-,31-29+,35-10?/t23?,25-/m1/s1. The van der Waals surface area contributed by atoms with Crippen LogP contribution >= 0.6 is 0 Å². The number of rotatable bonds is 8. The van der Waals surface area contributed by atoms with E-state index in [-0.39, 0.29) is 35.1 Å². The van der Waals surface area contributed by atoms with E-state index in [0.717, 1.165) is 23.8 Å². The second-order valence-electron chi connectivity index (χ2n) is 11.2. The van der Waals surface area contributed by atoms with Gasteiger partial charge in [-0.2, -0.15) is 0 Å². The summed E-state index contributed by atoms with van der Waals surface area (Å²) in [5.74, 6) is 6.61. The van der Waals surface area contributed by atoms with Gasteiger partial charge in [-0.3, -0.25) is 9.59 Å².